The van der Waals surface area contributed by atoms with Crippen LogP contribution in [0, 0.1) is 5.92 Å². The molecule has 0 saturated carbocycles. The van der Waals surface area contributed by atoms with Crippen molar-refractivity contribution in [2.24, 2.45) is 5.92 Å². The molecule has 168 valence electrons. The number of fused-ring (bicyclic) bond motifs is 1. The van der Waals surface area contributed by atoms with Crippen molar-refractivity contribution in [2.75, 3.05) is 53.2 Å². The predicted molar refractivity (Wildman–Crippen MR) is 113 cm³/mol. The number of rotatable bonds is 11. The molecule has 1 N–H and O–H groups in total. The molecular formula is C22H34N2O6. The minimum Gasteiger partial charge on any atom is -0.490 e. The Balaban J connectivity index is 2.06. The third-order valence-corrected chi connectivity index (χ3v) is 4.75. The number of nitrogens with one attached hydrogen (secondary N) is 1. The van der Waals surface area contributed by atoms with E-state index in [2.05, 4.69) is 19.2 Å². The number of amides is 1. The average molecular weight is 423 g/mol. The molecule has 30 heavy (non-hydrogen) atoms. The van der Waals surface area contributed by atoms with Crippen LogP contribution < -0.4 is 14.8 Å². The molecule has 0 aliphatic carbocycles. The number of nitrogens with zero attached hydrogens (tertiary/aromatic N) is 1. The molecule has 1 aliphatic rings. The maximum absolute atomic E-state index is 12.8. The fraction of sp³-hybridized carbons (Fsp3) is 0.636. The fourth-order valence-corrected chi connectivity index (χ4v) is 3.25. The van der Waals surface area contributed by atoms with Crippen molar-refractivity contribution in [1.29, 1.82) is 0 Å². The van der Waals surface area contributed by atoms with Gasteiger partial charge in [-0.1, -0.05) is 19.9 Å². The van der Waals surface area contributed by atoms with Crippen molar-refractivity contribution in [1.82, 2.24) is 10.2 Å². The lowest BCUT2D eigenvalue weighted by molar-refractivity contribution is -0.144. The van der Waals surface area contributed by atoms with Crippen LogP contribution in [0.25, 0.3) is 0 Å². The summed E-state index contributed by atoms with van der Waals surface area (Å²) in [5.74, 6) is 1.07. The summed E-state index contributed by atoms with van der Waals surface area (Å²) in [7, 11) is 1.58. The number of hydrogen-bond acceptors (Lipinski definition) is 7. The molecule has 1 aliphatic heterocycles. The van der Waals surface area contributed by atoms with Crippen molar-refractivity contribution in [2.45, 2.75) is 33.2 Å². The van der Waals surface area contributed by atoms with Crippen molar-refractivity contribution in [3.05, 3.63) is 23.8 Å². The molecular weight excluding hydrogens is 388 g/mol. The summed E-state index contributed by atoms with van der Waals surface area (Å²) >= 11 is 0. The van der Waals surface area contributed by atoms with Crippen molar-refractivity contribution in [3.8, 4) is 11.5 Å². The Bertz CT molecular complexity index is 694. The summed E-state index contributed by atoms with van der Waals surface area (Å²) in [4.78, 5) is 26.4. The smallest absolute Gasteiger partial charge is 0.320 e. The van der Waals surface area contributed by atoms with Crippen LogP contribution in [-0.4, -0.2) is 69.9 Å². The molecule has 0 saturated heterocycles. The van der Waals surface area contributed by atoms with Gasteiger partial charge in [-0.3, -0.25) is 14.5 Å². The first-order chi connectivity index (χ1) is 14.4. The van der Waals surface area contributed by atoms with E-state index in [-0.39, 0.29) is 36.9 Å². The molecule has 1 aromatic rings. The van der Waals surface area contributed by atoms with Crippen LogP contribution in [0.3, 0.4) is 0 Å². The molecule has 0 spiro atoms. The summed E-state index contributed by atoms with van der Waals surface area (Å²) in [6, 6.07) is 5.59. The molecule has 1 aromatic carbocycles. The SMILES string of the molecule is CCOC(=O)CN(CCOC)CC(=O)NC(c1ccc2c(c1)OCCCO2)C(C)C. The number of methoxy groups -OCH3 is 1. The molecule has 0 fully saturated rings. The second-order valence-electron chi connectivity index (χ2n) is 7.55. The van der Waals surface area contributed by atoms with E-state index in [1.807, 2.05) is 18.2 Å². The van der Waals surface area contributed by atoms with Gasteiger partial charge in [-0.15, -0.1) is 0 Å². The summed E-state index contributed by atoms with van der Waals surface area (Å²) in [5, 5.41) is 3.10. The van der Waals surface area contributed by atoms with Gasteiger partial charge in [0.25, 0.3) is 0 Å². The van der Waals surface area contributed by atoms with Crippen molar-refractivity contribution in [3.63, 3.8) is 0 Å². The van der Waals surface area contributed by atoms with Gasteiger partial charge in [0.2, 0.25) is 5.91 Å². The lowest BCUT2D eigenvalue weighted by Gasteiger charge is -2.26. The molecule has 0 bridgehead atoms. The van der Waals surface area contributed by atoms with E-state index in [1.165, 1.54) is 0 Å². The lowest BCUT2D eigenvalue weighted by Crippen LogP contribution is -2.43. The second kappa shape index (κ2) is 12.4. The van der Waals surface area contributed by atoms with Gasteiger partial charge in [-0.05, 0) is 30.5 Å². The van der Waals surface area contributed by atoms with Gasteiger partial charge in [-0.25, -0.2) is 0 Å². The van der Waals surface area contributed by atoms with Crippen LogP contribution in [0.2, 0.25) is 0 Å². The quantitative estimate of drug-likeness (QED) is 0.547. The van der Waals surface area contributed by atoms with Crippen molar-refractivity contribution >= 4 is 11.9 Å². The number of esters is 1. The highest BCUT2D eigenvalue weighted by atomic mass is 16.5. The fourth-order valence-electron chi connectivity index (χ4n) is 3.25. The highest BCUT2D eigenvalue weighted by Gasteiger charge is 2.23. The van der Waals surface area contributed by atoms with E-state index < -0.39 is 0 Å². The zero-order valence-corrected chi connectivity index (χ0v) is 18.4. The van der Waals surface area contributed by atoms with Crippen LogP contribution in [-0.2, 0) is 19.1 Å². The summed E-state index contributed by atoms with van der Waals surface area (Å²) in [6.45, 7) is 8.41. The van der Waals surface area contributed by atoms with Crippen LogP contribution in [0.4, 0.5) is 0 Å². The van der Waals surface area contributed by atoms with E-state index in [9.17, 15) is 9.59 Å². The standard InChI is InChI=1S/C22H34N2O6/c1-5-28-21(26)15-24(9-12-27-4)14-20(25)23-22(16(2)3)17-7-8-18-19(13-17)30-11-6-10-29-18/h7-8,13,16,22H,5-6,9-12,14-15H2,1-4H3,(H,23,25). The molecule has 2 rings (SSSR count). The van der Waals surface area contributed by atoms with E-state index in [0.29, 0.717) is 38.7 Å². The van der Waals surface area contributed by atoms with Gasteiger partial charge < -0.3 is 24.3 Å². The average Bonchev–Trinajstić information content (AvgIpc) is 2.95. The monoisotopic (exact) mass is 422 g/mol. The first-order valence-electron chi connectivity index (χ1n) is 10.5. The minimum atomic E-state index is -0.357. The van der Waals surface area contributed by atoms with Crippen LogP contribution in [0.15, 0.2) is 18.2 Å². The minimum absolute atomic E-state index is 0.0426. The normalized spacial score (nSPS) is 14.3. The number of hydrogen-bond donors (Lipinski definition) is 1. The van der Waals surface area contributed by atoms with Crippen molar-refractivity contribution < 1.29 is 28.5 Å². The molecule has 0 radical (unpaired) electrons. The van der Waals surface area contributed by atoms with Gasteiger partial charge in [0.05, 0.1) is 45.6 Å². The lowest BCUT2D eigenvalue weighted by atomic mass is 9.95. The number of carbonyl (C=O) groups excluding carboxylic acids is 2. The highest BCUT2D eigenvalue weighted by molar-refractivity contribution is 5.79. The number of ether oxygens (including phenoxy) is 4. The third kappa shape index (κ3) is 7.50. The molecule has 1 unspecified atom stereocenters. The van der Waals surface area contributed by atoms with Gasteiger partial charge in [-0.2, -0.15) is 0 Å². The topological polar surface area (TPSA) is 86.3 Å². The Morgan fingerprint density at radius 2 is 1.90 bits per heavy atom. The molecule has 8 heteroatoms. The summed E-state index contributed by atoms with van der Waals surface area (Å²) in [6.07, 6.45) is 0.839. The summed E-state index contributed by atoms with van der Waals surface area (Å²) in [5.41, 5.74) is 0.955. The first-order valence-corrected chi connectivity index (χ1v) is 10.5. The Kier molecular flexibility index (Phi) is 9.89. The van der Waals surface area contributed by atoms with Crippen LogP contribution >= 0.6 is 0 Å². The van der Waals surface area contributed by atoms with Crippen LogP contribution in [0.1, 0.15) is 38.8 Å². The Hall–Kier alpha value is -2.32. The van der Waals surface area contributed by atoms with E-state index in [0.717, 1.165) is 17.7 Å². The summed E-state index contributed by atoms with van der Waals surface area (Å²) < 4.78 is 21.6. The maximum atomic E-state index is 12.8. The van der Waals surface area contributed by atoms with Gasteiger partial charge in [0.15, 0.2) is 11.5 Å². The van der Waals surface area contributed by atoms with Gasteiger partial charge in [0.1, 0.15) is 0 Å². The molecule has 8 nitrogen and oxygen atoms in total. The molecule has 1 heterocycles. The van der Waals surface area contributed by atoms with E-state index in [4.69, 9.17) is 18.9 Å². The Labute approximate surface area is 178 Å². The third-order valence-electron chi connectivity index (χ3n) is 4.75. The van der Waals surface area contributed by atoms with Gasteiger partial charge in [0, 0.05) is 20.1 Å². The largest absolute Gasteiger partial charge is 0.490 e. The number of benzene rings is 1. The van der Waals surface area contributed by atoms with E-state index in [1.54, 1.807) is 18.9 Å². The zero-order chi connectivity index (χ0) is 21.9. The van der Waals surface area contributed by atoms with Crippen LogP contribution in [0.5, 0.6) is 11.5 Å². The molecule has 1 atom stereocenters. The Morgan fingerprint density at radius 3 is 2.57 bits per heavy atom. The highest BCUT2D eigenvalue weighted by Crippen LogP contribution is 2.34. The molecule has 0 aromatic heterocycles. The predicted octanol–water partition coefficient (Wildman–Crippen LogP) is 2.17. The second-order valence-corrected chi connectivity index (χ2v) is 7.55. The van der Waals surface area contributed by atoms with E-state index >= 15 is 0 Å². The first kappa shape index (κ1) is 24.0. The maximum Gasteiger partial charge on any atom is 0.320 e. The number of carbonyl (C=O) groups is 2. The Morgan fingerprint density at radius 1 is 1.17 bits per heavy atom. The zero-order valence-electron chi connectivity index (χ0n) is 18.4. The molecule has 1 amide bonds. The van der Waals surface area contributed by atoms with Gasteiger partial charge >= 0.3 is 5.97 Å².